The van der Waals surface area contributed by atoms with Crippen LogP contribution in [-0.4, -0.2) is 41.8 Å². The molecule has 0 amide bonds. The van der Waals surface area contributed by atoms with E-state index in [1.54, 1.807) is 7.11 Å². The van der Waals surface area contributed by atoms with Crippen LogP contribution in [0.2, 0.25) is 0 Å². The number of hydrogen-bond donors (Lipinski definition) is 3. The largest absolute Gasteiger partial charge is 0.383 e. The van der Waals surface area contributed by atoms with Gasteiger partial charge in [-0.1, -0.05) is 0 Å². The van der Waals surface area contributed by atoms with Gasteiger partial charge in [-0.05, 0) is 0 Å². The Morgan fingerprint density at radius 2 is 2.00 bits per heavy atom. The predicted molar refractivity (Wildman–Crippen MR) is 45.9 cm³/mol. The summed E-state index contributed by atoms with van der Waals surface area (Å²) in [6, 6.07) is 0. The maximum atomic E-state index is 10.3. The molecule has 0 bridgehead atoms. The van der Waals surface area contributed by atoms with Crippen LogP contribution in [0.15, 0.2) is 0 Å². The predicted octanol–water partition coefficient (Wildman–Crippen LogP) is -1.98. The van der Waals surface area contributed by atoms with Gasteiger partial charge >= 0.3 is 0 Å². The molecular formula is C5H15N3O3S. The first-order valence-corrected chi connectivity index (χ1v) is 5.08. The van der Waals surface area contributed by atoms with Crippen LogP contribution < -0.4 is 15.2 Å². The normalized spacial score (nSPS) is 11.8. The molecule has 7 heteroatoms. The Morgan fingerprint density at radius 3 is 2.50 bits per heavy atom. The number of nitrogens with two attached hydrogens (primary N) is 1. The van der Waals surface area contributed by atoms with Gasteiger partial charge in [-0.25, -0.2) is 9.86 Å². The van der Waals surface area contributed by atoms with E-state index in [1.807, 2.05) is 0 Å². The van der Waals surface area contributed by atoms with Crippen molar-refractivity contribution in [2.45, 2.75) is 0 Å². The first-order chi connectivity index (χ1) is 5.56. The van der Waals surface area contributed by atoms with Gasteiger partial charge in [-0.3, -0.25) is 0 Å². The number of rotatable bonds is 7. The fourth-order valence-electron chi connectivity index (χ4n) is 0.581. The minimum atomic E-state index is -3.54. The van der Waals surface area contributed by atoms with Crippen LogP contribution in [0, 0.1) is 0 Å². The number of ether oxygens (including phenoxy) is 1. The zero-order valence-electron chi connectivity index (χ0n) is 7.04. The molecule has 0 unspecified atom stereocenters. The summed E-state index contributed by atoms with van der Waals surface area (Å²) in [5, 5.41) is 7.64. The van der Waals surface area contributed by atoms with Crippen LogP contribution >= 0.6 is 0 Å². The zero-order chi connectivity index (χ0) is 9.45. The SMILES string of the molecule is COCCNCCNS(N)(=O)=O. The van der Waals surface area contributed by atoms with Crippen molar-refractivity contribution in [2.24, 2.45) is 5.14 Å². The molecular weight excluding hydrogens is 182 g/mol. The van der Waals surface area contributed by atoms with Crippen molar-refractivity contribution in [1.29, 1.82) is 0 Å². The van der Waals surface area contributed by atoms with E-state index in [9.17, 15) is 8.42 Å². The molecule has 0 fully saturated rings. The molecule has 0 saturated heterocycles. The molecule has 0 aromatic rings. The number of methoxy groups -OCH3 is 1. The molecule has 0 aliphatic rings. The third-order valence-electron chi connectivity index (χ3n) is 1.09. The van der Waals surface area contributed by atoms with Crippen LogP contribution in [0.1, 0.15) is 0 Å². The minimum Gasteiger partial charge on any atom is -0.383 e. The van der Waals surface area contributed by atoms with Crippen LogP contribution in [0.25, 0.3) is 0 Å². The molecule has 74 valence electrons. The number of nitrogens with one attached hydrogen (secondary N) is 2. The Hall–Kier alpha value is -0.210. The third-order valence-corrected chi connectivity index (χ3v) is 1.69. The molecule has 0 aliphatic heterocycles. The molecule has 0 saturated carbocycles. The van der Waals surface area contributed by atoms with Crippen molar-refractivity contribution >= 4 is 10.2 Å². The zero-order valence-corrected chi connectivity index (χ0v) is 7.86. The summed E-state index contributed by atoms with van der Waals surface area (Å²) in [7, 11) is -1.94. The lowest BCUT2D eigenvalue weighted by Crippen LogP contribution is -2.36. The van der Waals surface area contributed by atoms with Gasteiger partial charge in [-0.15, -0.1) is 0 Å². The van der Waals surface area contributed by atoms with E-state index < -0.39 is 10.2 Å². The monoisotopic (exact) mass is 197 g/mol. The lowest BCUT2D eigenvalue weighted by molar-refractivity contribution is 0.199. The molecule has 0 radical (unpaired) electrons. The second kappa shape index (κ2) is 6.32. The van der Waals surface area contributed by atoms with E-state index in [0.717, 1.165) is 0 Å². The van der Waals surface area contributed by atoms with E-state index in [1.165, 1.54) is 0 Å². The van der Waals surface area contributed by atoms with E-state index in [2.05, 4.69) is 15.2 Å². The smallest absolute Gasteiger partial charge is 0.274 e. The minimum absolute atomic E-state index is 0.294. The van der Waals surface area contributed by atoms with Gasteiger partial charge in [0, 0.05) is 26.7 Å². The molecule has 12 heavy (non-hydrogen) atoms. The van der Waals surface area contributed by atoms with Crippen LogP contribution in [0.4, 0.5) is 0 Å². The van der Waals surface area contributed by atoms with Crippen molar-refractivity contribution in [3.05, 3.63) is 0 Å². The van der Waals surface area contributed by atoms with Crippen molar-refractivity contribution in [3.63, 3.8) is 0 Å². The Morgan fingerprint density at radius 1 is 1.33 bits per heavy atom. The van der Waals surface area contributed by atoms with Gasteiger partial charge in [0.15, 0.2) is 0 Å². The van der Waals surface area contributed by atoms with Crippen molar-refractivity contribution < 1.29 is 13.2 Å². The average Bonchev–Trinajstić information content (AvgIpc) is 1.94. The lowest BCUT2D eigenvalue weighted by atomic mass is 10.6. The first-order valence-electron chi connectivity index (χ1n) is 3.53. The quantitative estimate of drug-likeness (QED) is 0.412. The molecule has 0 aromatic carbocycles. The van der Waals surface area contributed by atoms with E-state index in [-0.39, 0.29) is 0 Å². The van der Waals surface area contributed by atoms with E-state index in [0.29, 0.717) is 26.2 Å². The fraction of sp³-hybridized carbons (Fsp3) is 1.00. The topological polar surface area (TPSA) is 93.4 Å². The van der Waals surface area contributed by atoms with Crippen molar-refractivity contribution in [2.75, 3.05) is 33.4 Å². The number of hydrogen-bond acceptors (Lipinski definition) is 4. The van der Waals surface area contributed by atoms with Crippen LogP contribution in [0.5, 0.6) is 0 Å². The van der Waals surface area contributed by atoms with Crippen molar-refractivity contribution in [3.8, 4) is 0 Å². The molecule has 0 atom stereocenters. The van der Waals surface area contributed by atoms with Gasteiger partial charge in [0.2, 0.25) is 0 Å². The van der Waals surface area contributed by atoms with Gasteiger partial charge in [0.1, 0.15) is 0 Å². The Labute approximate surface area is 72.6 Å². The average molecular weight is 197 g/mol. The second-order valence-electron chi connectivity index (χ2n) is 2.18. The third kappa shape index (κ3) is 9.79. The van der Waals surface area contributed by atoms with Crippen LogP contribution in [-0.2, 0) is 14.9 Å². The summed E-state index contributed by atoms with van der Waals surface area (Å²) in [5.41, 5.74) is 0. The maximum absolute atomic E-state index is 10.3. The highest BCUT2D eigenvalue weighted by Gasteiger charge is 1.97. The van der Waals surface area contributed by atoms with E-state index in [4.69, 9.17) is 4.74 Å². The fourth-order valence-corrected chi connectivity index (χ4v) is 0.967. The van der Waals surface area contributed by atoms with E-state index >= 15 is 0 Å². The summed E-state index contributed by atoms with van der Waals surface area (Å²) in [4.78, 5) is 0. The Kier molecular flexibility index (Phi) is 6.21. The maximum Gasteiger partial charge on any atom is 0.274 e. The summed E-state index contributed by atoms with van der Waals surface area (Å²) in [5.74, 6) is 0. The van der Waals surface area contributed by atoms with Gasteiger partial charge in [0.25, 0.3) is 10.2 Å². The van der Waals surface area contributed by atoms with Gasteiger partial charge in [-0.2, -0.15) is 8.42 Å². The molecule has 0 spiro atoms. The summed E-state index contributed by atoms with van der Waals surface area (Å²) < 4.78 is 27.6. The Bertz CT molecular complexity index is 192. The van der Waals surface area contributed by atoms with Crippen molar-refractivity contribution in [1.82, 2.24) is 10.0 Å². The standard InChI is InChI=1S/C5H15N3O3S/c1-11-5-4-7-2-3-8-12(6,9)10/h7-8H,2-5H2,1H3,(H2,6,9,10). The Balaban J connectivity index is 3.12. The molecule has 4 N–H and O–H groups in total. The molecule has 0 aliphatic carbocycles. The van der Waals surface area contributed by atoms with Gasteiger partial charge in [0.05, 0.1) is 6.61 Å². The molecule has 0 aromatic heterocycles. The van der Waals surface area contributed by atoms with Gasteiger partial charge < -0.3 is 10.1 Å². The summed E-state index contributed by atoms with van der Waals surface area (Å²) in [6.07, 6.45) is 0. The first kappa shape index (κ1) is 11.8. The highest BCUT2D eigenvalue weighted by molar-refractivity contribution is 7.87. The molecule has 0 heterocycles. The summed E-state index contributed by atoms with van der Waals surface area (Å²) >= 11 is 0. The summed E-state index contributed by atoms with van der Waals surface area (Å²) in [6.45, 7) is 2.14. The molecule has 0 rings (SSSR count). The second-order valence-corrected chi connectivity index (χ2v) is 3.56. The lowest BCUT2D eigenvalue weighted by Gasteiger charge is -2.03. The highest BCUT2D eigenvalue weighted by Crippen LogP contribution is 1.67. The van der Waals surface area contributed by atoms with Crippen LogP contribution in [0.3, 0.4) is 0 Å². The highest BCUT2D eigenvalue weighted by atomic mass is 32.2. The molecule has 6 nitrogen and oxygen atoms in total.